The highest BCUT2D eigenvalue weighted by Crippen LogP contribution is 2.18. The molecule has 1 rings (SSSR count). The van der Waals surface area contributed by atoms with Crippen molar-refractivity contribution < 1.29 is 0 Å². The first-order valence-corrected chi connectivity index (χ1v) is 7.17. The van der Waals surface area contributed by atoms with Crippen LogP contribution in [0, 0.1) is 0 Å². The van der Waals surface area contributed by atoms with Gasteiger partial charge in [-0.25, -0.2) is 0 Å². The lowest BCUT2D eigenvalue weighted by Gasteiger charge is -2.19. The molecule has 0 aliphatic carbocycles. The van der Waals surface area contributed by atoms with Gasteiger partial charge in [-0.1, -0.05) is 50.1 Å². The van der Waals surface area contributed by atoms with E-state index in [1.165, 1.54) is 31.2 Å². The fourth-order valence-electron chi connectivity index (χ4n) is 2.15. The van der Waals surface area contributed by atoms with E-state index < -0.39 is 0 Å². The normalized spacial score (nSPS) is 12.9. The summed E-state index contributed by atoms with van der Waals surface area (Å²) >= 11 is 0. The SMILES string of the molecule is CCCCC(NCCCN(C)C)c1ccccc1. The van der Waals surface area contributed by atoms with Crippen LogP contribution >= 0.6 is 0 Å². The number of unbranched alkanes of at least 4 members (excludes halogenated alkanes) is 1. The first kappa shape index (κ1) is 15.2. The van der Waals surface area contributed by atoms with Crippen LogP contribution in [0.4, 0.5) is 0 Å². The lowest BCUT2D eigenvalue weighted by atomic mass is 10.0. The number of nitrogens with zero attached hydrogens (tertiary/aromatic N) is 1. The molecule has 102 valence electrons. The van der Waals surface area contributed by atoms with E-state index in [4.69, 9.17) is 0 Å². The molecule has 1 atom stereocenters. The van der Waals surface area contributed by atoms with Crippen molar-refractivity contribution in [1.29, 1.82) is 0 Å². The molecule has 2 nitrogen and oxygen atoms in total. The molecule has 0 spiro atoms. The van der Waals surface area contributed by atoms with E-state index in [0.717, 1.165) is 13.1 Å². The zero-order chi connectivity index (χ0) is 13.2. The fourth-order valence-corrected chi connectivity index (χ4v) is 2.15. The largest absolute Gasteiger partial charge is 0.310 e. The second kappa shape index (κ2) is 9.12. The minimum Gasteiger partial charge on any atom is -0.310 e. The summed E-state index contributed by atoms with van der Waals surface area (Å²) in [6.45, 7) is 4.51. The lowest BCUT2D eigenvalue weighted by Crippen LogP contribution is -2.25. The molecule has 1 unspecified atom stereocenters. The highest BCUT2D eigenvalue weighted by molar-refractivity contribution is 5.18. The third kappa shape index (κ3) is 6.18. The zero-order valence-corrected chi connectivity index (χ0v) is 12.2. The maximum absolute atomic E-state index is 3.70. The molecule has 0 aliphatic heterocycles. The van der Waals surface area contributed by atoms with Crippen LogP contribution in [-0.2, 0) is 0 Å². The van der Waals surface area contributed by atoms with Crippen LogP contribution < -0.4 is 5.32 Å². The summed E-state index contributed by atoms with van der Waals surface area (Å²) in [6.07, 6.45) is 5.01. The van der Waals surface area contributed by atoms with Gasteiger partial charge in [0.1, 0.15) is 0 Å². The Morgan fingerprint density at radius 2 is 1.83 bits per heavy atom. The number of hydrogen-bond donors (Lipinski definition) is 1. The van der Waals surface area contributed by atoms with Gasteiger partial charge in [-0.05, 0) is 45.6 Å². The van der Waals surface area contributed by atoms with Crippen molar-refractivity contribution in [2.24, 2.45) is 0 Å². The standard InChI is InChI=1S/C16H28N2/c1-4-5-12-16(15-10-7-6-8-11-15)17-13-9-14-18(2)3/h6-8,10-11,16-17H,4-5,9,12-14H2,1-3H3. The highest BCUT2D eigenvalue weighted by atomic mass is 15.1. The molecule has 1 aromatic carbocycles. The third-order valence-corrected chi connectivity index (χ3v) is 3.22. The molecular formula is C16H28N2. The van der Waals surface area contributed by atoms with Crippen LogP contribution in [0.3, 0.4) is 0 Å². The van der Waals surface area contributed by atoms with Gasteiger partial charge in [0.2, 0.25) is 0 Å². The minimum absolute atomic E-state index is 0.522. The maximum Gasteiger partial charge on any atom is 0.0320 e. The van der Waals surface area contributed by atoms with Crippen LogP contribution in [0.2, 0.25) is 0 Å². The zero-order valence-electron chi connectivity index (χ0n) is 12.2. The van der Waals surface area contributed by atoms with Gasteiger partial charge in [-0.15, -0.1) is 0 Å². The van der Waals surface area contributed by atoms with Crippen molar-refractivity contribution >= 4 is 0 Å². The number of nitrogens with one attached hydrogen (secondary N) is 1. The summed E-state index contributed by atoms with van der Waals surface area (Å²) in [6, 6.07) is 11.4. The summed E-state index contributed by atoms with van der Waals surface area (Å²) in [4.78, 5) is 2.24. The van der Waals surface area contributed by atoms with Crippen LogP contribution in [0.25, 0.3) is 0 Å². The topological polar surface area (TPSA) is 15.3 Å². The first-order valence-electron chi connectivity index (χ1n) is 7.17. The van der Waals surface area contributed by atoms with Gasteiger partial charge >= 0.3 is 0 Å². The van der Waals surface area contributed by atoms with Crippen molar-refractivity contribution in [3.63, 3.8) is 0 Å². The number of benzene rings is 1. The molecule has 0 bridgehead atoms. The molecule has 0 radical (unpaired) electrons. The summed E-state index contributed by atoms with van der Waals surface area (Å²) < 4.78 is 0. The molecule has 0 saturated carbocycles. The predicted octanol–water partition coefficient (Wildman–Crippen LogP) is 3.46. The van der Waals surface area contributed by atoms with Gasteiger partial charge in [-0.2, -0.15) is 0 Å². The molecule has 0 heterocycles. The van der Waals surface area contributed by atoms with Crippen LogP contribution in [0.5, 0.6) is 0 Å². The molecule has 0 aromatic heterocycles. The Kier molecular flexibility index (Phi) is 7.70. The summed E-state index contributed by atoms with van der Waals surface area (Å²) in [5, 5.41) is 3.70. The van der Waals surface area contributed by atoms with E-state index in [9.17, 15) is 0 Å². The van der Waals surface area contributed by atoms with Gasteiger partial charge in [-0.3, -0.25) is 0 Å². The van der Waals surface area contributed by atoms with Gasteiger partial charge in [0, 0.05) is 6.04 Å². The van der Waals surface area contributed by atoms with E-state index >= 15 is 0 Å². The monoisotopic (exact) mass is 248 g/mol. The Morgan fingerprint density at radius 3 is 2.44 bits per heavy atom. The Balaban J connectivity index is 2.41. The third-order valence-electron chi connectivity index (χ3n) is 3.22. The smallest absolute Gasteiger partial charge is 0.0320 e. The number of rotatable bonds is 9. The molecule has 18 heavy (non-hydrogen) atoms. The maximum atomic E-state index is 3.70. The average Bonchev–Trinajstić information content (AvgIpc) is 2.38. The quantitative estimate of drug-likeness (QED) is 0.673. The molecule has 0 amide bonds. The molecule has 2 heteroatoms. The summed E-state index contributed by atoms with van der Waals surface area (Å²) in [5.74, 6) is 0. The van der Waals surface area contributed by atoms with E-state index in [2.05, 4.69) is 61.6 Å². The first-order chi connectivity index (χ1) is 8.74. The molecule has 0 fully saturated rings. The van der Waals surface area contributed by atoms with Gasteiger partial charge in [0.15, 0.2) is 0 Å². The molecule has 0 saturated heterocycles. The summed E-state index contributed by atoms with van der Waals surface area (Å²) in [7, 11) is 4.26. The predicted molar refractivity (Wildman–Crippen MR) is 79.9 cm³/mol. The summed E-state index contributed by atoms with van der Waals surface area (Å²) in [5.41, 5.74) is 1.43. The van der Waals surface area contributed by atoms with Crippen LogP contribution in [-0.4, -0.2) is 32.1 Å². The van der Waals surface area contributed by atoms with E-state index in [-0.39, 0.29) is 0 Å². The van der Waals surface area contributed by atoms with E-state index in [1.54, 1.807) is 0 Å². The van der Waals surface area contributed by atoms with Crippen molar-refractivity contribution in [2.75, 3.05) is 27.2 Å². The minimum atomic E-state index is 0.522. The molecule has 0 aliphatic rings. The molecular weight excluding hydrogens is 220 g/mol. The van der Waals surface area contributed by atoms with E-state index in [1.807, 2.05) is 0 Å². The Labute approximate surface area is 112 Å². The van der Waals surface area contributed by atoms with Crippen LogP contribution in [0.15, 0.2) is 30.3 Å². The van der Waals surface area contributed by atoms with Gasteiger partial charge < -0.3 is 10.2 Å². The Bertz CT molecular complexity index is 295. The lowest BCUT2D eigenvalue weighted by molar-refractivity contribution is 0.382. The molecule has 1 N–H and O–H groups in total. The van der Waals surface area contributed by atoms with Crippen molar-refractivity contribution in [2.45, 2.75) is 38.6 Å². The highest BCUT2D eigenvalue weighted by Gasteiger charge is 2.09. The van der Waals surface area contributed by atoms with Crippen molar-refractivity contribution in [1.82, 2.24) is 10.2 Å². The number of hydrogen-bond acceptors (Lipinski definition) is 2. The van der Waals surface area contributed by atoms with Gasteiger partial charge in [0.25, 0.3) is 0 Å². The molecule has 1 aromatic rings. The second-order valence-corrected chi connectivity index (χ2v) is 5.22. The fraction of sp³-hybridized carbons (Fsp3) is 0.625. The van der Waals surface area contributed by atoms with E-state index in [0.29, 0.717) is 6.04 Å². The van der Waals surface area contributed by atoms with Gasteiger partial charge in [0.05, 0.1) is 0 Å². The Hall–Kier alpha value is -0.860. The Morgan fingerprint density at radius 1 is 1.11 bits per heavy atom. The average molecular weight is 248 g/mol. The van der Waals surface area contributed by atoms with Crippen LogP contribution in [0.1, 0.15) is 44.2 Å². The van der Waals surface area contributed by atoms with Crippen molar-refractivity contribution in [3.05, 3.63) is 35.9 Å². The van der Waals surface area contributed by atoms with Crippen molar-refractivity contribution in [3.8, 4) is 0 Å². The second-order valence-electron chi connectivity index (χ2n) is 5.22.